The predicted octanol–water partition coefficient (Wildman–Crippen LogP) is 1.49. The van der Waals surface area contributed by atoms with Gasteiger partial charge in [-0.15, -0.1) is 0 Å². The van der Waals surface area contributed by atoms with Crippen molar-refractivity contribution in [3.05, 3.63) is 0 Å². The number of hydrogen-bond acceptors (Lipinski definition) is 6. The number of nitrogens with zero attached hydrogens (tertiary/aromatic N) is 1. The molecule has 128 valence electrons. The van der Waals surface area contributed by atoms with Crippen LogP contribution in [0.1, 0.15) is 47.0 Å². The molecule has 0 aromatic carbocycles. The van der Waals surface area contributed by atoms with Crippen molar-refractivity contribution >= 4 is 18.2 Å². The Kier molecular flexibility index (Phi) is 8.26. The average molecular weight is 317 g/mol. The molecule has 0 aliphatic carbocycles. The van der Waals surface area contributed by atoms with Crippen LogP contribution < -0.4 is 0 Å². The maximum Gasteiger partial charge on any atom is 0.335 e. The van der Waals surface area contributed by atoms with Crippen LogP contribution >= 0.6 is 0 Å². The summed E-state index contributed by atoms with van der Waals surface area (Å²) in [5.74, 6) is -1.01. The summed E-state index contributed by atoms with van der Waals surface area (Å²) in [6.07, 6.45) is 0.733. The monoisotopic (exact) mass is 317 g/mol. The molecule has 0 fully saturated rings. The molecule has 0 bridgehead atoms. The van der Waals surface area contributed by atoms with E-state index in [0.29, 0.717) is 12.9 Å². The molecule has 0 aliphatic heterocycles. The van der Waals surface area contributed by atoms with E-state index in [-0.39, 0.29) is 19.3 Å². The van der Waals surface area contributed by atoms with Gasteiger partial charge in [-0.25, -0.2) is 4.79 Å². The summed E-state index contributed by atoms with van der Waals surface area (Å²) >= 11 is 0. The molecule has 0 aliphatic rings. The fraction of sp³-hybridized carbons (Fsp3) is 0.800. The Balaban J connectivity index is 4.33. The van der Waals surface area contributed by atoms with Crippen molar-refractivity contribution in [2.24, 2.45) is 0 Å². The minimum absolute atomic E-state index is 0.00913. The lowest BCUT2D eigenvalue weighted by Gasteiger charge is -2.30. The van der Waals surface area contributed by atoms with E-state index >= 15 is 0 Å². The lowest BCUT2D eigenvalue weighted by atomic mass is 10.0. The van der Waals surface area contributed by atoms with E-state index in [1.54, 1.807) is 21.0 Å². The molecule has 22 heavy (non-hydrogen) atoms. The maximum atomic E-state index is 11.8. The number of methoxy groups -OCH3 is 1. The van der Waals surface area contributed by atoms with Crippen LogP contribution in [0.4, 0.5) is 0 Å². The van der Waals surface area contributed by atoms with Crippen molar-refractivity contribution in [3.63, 3.8) is 0 Å². The van der Waals surface area contributed by atoms with E-state index in [4.69, 9.17) is 14.3 Å². The minimum Gasteiger partial charge on any atom is -0.376 e. The summed E-state index contributed by atoms with van der Waals surface area (Å²) in [5.41, 5.74) is -1.21. The third-order valence-corrected chi connectivity index (χ3v) is 3.00. The summed E-state index contributed by atoms with van der Waals surface area (Å²) in [7, 11) is 2.93. The first-order chi connectivity index (χ1) is 10.0. The highest BCUT2D eigenvalue weighted by Crippen LogP contribution is 2.19. The average Bonchev–Trinajstić information content (AvgIpc) is 2.42. The molecule has 0 spiro atoms. The van der Waals surface area contributed by atoms with Gasteiger partial charge in [0.05, 0.1) is 24.2 Å². The summed E-state index contributed by atoms with van der Waals surface area (Å²) in [5, 5.41) is 0.848. The summed E-state index contributed by atoms with van der Waals surface area (Å²) in [6, 6.07) is 0. The van der Waals surface area contributed by atoms with Gasteiger partial charge in [-0.2, -0.15) is 5.06 Å². The van der Waals surface area contributed by atoms with Crippen LogP contribution in [0.3, 0.4) is 0 Å². The number of carbonyl (C=O) groups is 3. The lowest BCUT2D eigenvalue weighted by molar-refractivity contribution is -0.198. The van der Waals surface area contributed by atoms with E-state index in [1.165, 1.54) is 7.05 Å². The molecule has 0 unspecified atom stereocenters. The van der Waals surface area contributed by atoms with E-state index < -0.39 is 23.1 Å². The molecule has 0 heterocycles. The van der Waals surface area contributed by atoms with Gasteiger partial charge in [0.2, 0.25) is 0 Å². The first-order valence-corrected chi connectivity index (χ1v) is 7.13. The smallest absolute Gasteiger partial charge is 0.335 e. The molecule has 0 aromatic rings. The Hall–Kier alpha value is -1.47. The molecule has 7 nitrogen and oxygen atoms in total. The number of hydroxylamine groups is 2. The Morgan fingerprint density at radius 2 is 1.73 bits per heavy atom. The van der Waals surface area contributed by atoms with E-state index in [9.17, 15) is 14.4 Å². The molecule has 1 amide bonds. The van der Waals surface area contributed by atoms with Gasteiger partial charge in [0.15, 0.2) is 0 Å². The molecule has 0 radical (unpaired) electrons. The third-order valence-electron chi connectivity index (χ3n) is 3.00. The summed E-state index contributed by atoms with van der Waals surface area (Å²) in [4.78, 5) is 38.5. The van der Waals surface area contributed by atoms with Gasteiger partial charge in [-0.05, 0) is 27.7 Å². The van der Waals surface area contributed by atoms with Crippen LogP contribution in [0.15, 0.2) is 0 Å². The van der Waals surface area contributed by atoms with Gasteiger partial charge in [0, 0.05) is 27.0 Å². The number of aldehydes is 1. The zero-order valence-electron chi connectivity index (χ0n) is 14.3. The van der Waals surface area contributed by atoms with Crippen LogP contribution in [0, 0.1) is 0 Å². The zero-order chi connectivity index (χ0) is 17.4. The van der Waals surface area contributed by atoms with Crippen LogP contribution in [0.25, 0.3) is 0 Å². The Labute approximate surface area is 131 Å². The van der Waals surface area contributed by atoms with Crippen LogP contribution in [0.2, 0.25) is 0 Å². The first kappa shape index (κ1) is 20.5. The van der Waals surface area contributed by atoms with Gasteiger partial charge in [0.1, 0.15) is 6.29 Å². The molecule has 0 aromatic heterocycles. The zero-order valence-corrected chi connectivity index (χ0v) is 14.3. The van der Waals surface area contributed by atoms with Crippen LogP contribution in [-0.2, 0) is 28.7 Å². The number of rotatable bonds is 9. The largest absolute Gasteiger partial charge is 0.376 e. The van der Waals surface area contributed by atoms with Crippen molar-refractivity contribution in [1.82, 2.24) is 5.06 Å². The van der Waals surface area contributed by atoms with E-state index in [2.05, 4.69) is 0 Å². The minimum atomic E-state index is -0.750. The highest BCUT2D eigenvalue weighted by Gasteiger charge is 2.29. The number of carbonyl (C=O) groups excluding carboxylic acids is 3. The van der Waals surface area contributed by atoms with Crippen molar-refractivity contribution in [1.29, 1.82) is 0 Å². The highest BCUT2D eigenvalue weighted by atomic mass is 16.7. The Morgan fingerprint density at radius 1 is 1.14 bits per heavy atom. The van der Waals surface area contributed by atoms with Crippen molar-refractivity contribution in [2.75, 3.05) is 20.8 Å². The fourth-order valence-electron chi connectivity index (χ4n) is 1.40. The number of amides is 1. The molecule has 0 saturated carbocycles. The van der Waals surface area contributed by atoms with Gasteiger partial charge < -0.3 is 19.1 Å². The molecule has 7 heteroatoms. The van der Waals surface area contributed by atoms with Gasteiger partial charge >= 0.3 is 5.97 Å². The maximum absolute atomic E-state index is 11.8. The predicted molar refractivity (Wildman–Crippen MR) is 79.9 cm³/mol. The van der Waals surface area contributed by atoms with Crippen molar-refractivity contribution in [3.8, 4) is 0 Å². The lowest BCUT2D eigenvalue weighted by Crippen LogP contribution is -2.38. The number of ether oxygens (including phenoxy) is 2. The quantitative estimate of drug-likeness (QED) is 0.473. The summed E-state index contributed by atoms with van der Waals surface area (Å²) in [6.45, 7) is 7.59. The van der Waals surface area contributed by atoms with E-state index in [1.807, 2.05) is 13.8 Å². The Morgan fingerprint density at radius 3 is 2.23 bits per heavy atom. The molecule has 0 atom stereocenters. The van der Waals surface area contributed by atoms with E-state index in [0.717, 1.165) is 5.06 Å². The second-order valence-corrected chi connectivity index (χ2v) is 6.25. The third kappa shape index (κ3) is 8.74. The molecular weight excluding hydrogens is 290 g/mol. The fourth-order valence-corrected chi connectivity index (χ4v) is 1.40. The number of hydrogen-bond donors (Lipinski definition) is 0. The van der Waals surface area contributed by atoms with Crippen LogP contribution in [0.5, 0.6) is 0 Å². The summed E-state index contributed by atoms with van der Waals surface area (Å²) < 4.78 is 10.9. The second kappa shape index (κ2) is 8.85. The SMILES string of the molecule is COC(C)(C)COC(C)(C)CC(=O)ON(C)C(=O)CCC=O. The highest BCUT2D eigenvalue weighted by molar-refractivity contribution is 5.79. The van der Waals surface area contributed by atoms with Crippen molar-refractivity contribution in [2.45, 2.75) is 58.2 Å². The van der Waals surface area contributed by atoms with Gasteiger partial charge in [-0.3, -0.25) is 4.79 Å². The normalized spacial score (nSPS) is 11.9. The Bertz CT molecular complexity index is 391. The molecule has 0 rings (SSSR count). The van der Waals surface area contributed by atoms with Gasteiger partial charge in [0.25, 0.3) is 5.91 Å². The molecule has 0 saturated heterocycles. The second-order valence-electron chi connectivity index (χ2n) is 6.25. The van der Waals surface area contributed by atoms with Gasteiger partial charge in [-0.1, -0.05) is 0 Å². The first-order valence-electron chi connectivity index (χ1n) is 7.13. The standard InChI is InChI=1S/C15H27NO6/c1-14(2,21-11-15(3,4)20-6)10-13(19)22-16(5)12(18)8-7-9-17/h9H,7-8,10-11H2,1-6H3. The van der Waals surface area contributed by atoms with Crippen molar-refractivity contribution < 1.29 is 28.7 Å². The topological polar surface area (TPSA) is 82.1 Å². The molecule has 0 N–H and O–H groups in total. The molecular formula is C15H27NO6. The van der Waals surface area contributed by atoms with Crippen LogP contribution in [-0.4, -0.2) is 55.2 Å².